The van der Waals surface area contributed by atoms with Gasteiger partial charge in [-0.15, -0.1) is 0 Å². The zero-order valence-electron chi connectivity index (χ0n) is 11.6. The average Bonchev–Trinajstić information content (AvgIpc) is 2.22. The van der Waals surface area contributed by atoms with Crippen molar-refractivity contribution in [2.24, 2.45) is 11.8 Å². The molecule has 2 heteroatoms. The summed E-state index contributed by atoms with van der Waals surface area (Å²) in [6.07, 6.45) is 4.18. The molecule has 1 N–H and O–H groups in total. The predicted octanol–water partition coefficient (Wildman–Crippen LogP) is 3.93. The van der Waals surface area contributed by atoms with Crippen molar-refractivity contribution < 1.29 is 0 Å². The quantitative estimate of drug-likeness (QED) is 0.785. The minimum Gasteiger partial charge on any atom is -0.313 e. The predicted molar refractivity (Wildman–Crippen MR) is 76.2 cm³/mol. The second-order valence-electron chi connectivity index (χ2n) is 5.71. The first-order valence-electron chi connectivity index (χ1n) is 6.93. The van der Waals surface area contributed by atoms with E-state index in [4.69, 9.17) is 0 Å². The first-order chi connectivity index (χ1) is 7.54. The fraction of sp³-hybridized carbons (Fsp3) is 1.00. The van der Waals surface area contributed by atoms with E-state index in [1.807, 2.05) is 0 Å². The second-order valence-corrected chi connectivity index (χ2v) is 7.33. The fourth-order valence-corrected chi connectivity index (χ4v) is 4.13. The van der Waals surface area contributed by atoms with Crippen LogP contribution in [0.25, 0.3) is 0 Å². The van der Waals surface area contributed by atoms with E-state index >= 15 is 0 Å². The van der Waals surface area contributed by atoms with E-state index in [2.05, 4.69) is 51.7 Å². The van der Waals surface area contributed by atoms with Gasteiger partial charge in [-0.3, -0.25) is 0 Å². The maximum Gasteiger partial charge on any atom is 0.0206 e. The molecule has 1 rings (SSSR count). The summed E-state index contributed by atoms with van der Waals surface area (Å²) in [5, 5.41) is 5.30. The Morgan fingerprint density at radius 3 is 2.50 bits per heavy atom. The molecule has 1 fully saturated rings. The Balaban J connectivity index is 2.50. The van der Waals surface area contributed by atoms with E-state index in [1.165, 1.54) is 19.3 Å². The van der Waals surface area contributed by atoms with Crippen LogP contribution in [0.3, 0.4) is 0 Å². The van der Waals surface area contributed by atoms with Gasteiger partial charge in [0.15, 0.2) is 0 Å². The SMILES string of the molecule is CCNC1CCC(C)CC1SC(C)C(C)C. The molecular formula is C14H29NS. The minimum atomic E-state index is 0.757. The van der Waals surface area contributed by atoms with E-state index < -0.39 is 0 Å². The van der Waals surface area contributed by atoms with Gasteiger partial charge >= 0.3 is 0 Å². The zero-order chi connectivity index (χ0) is 12.1. The van der Waals surface area contributed by atoms with Crippen LogP contribution in [0.4, 0.5) is 0 Å². The summed E-state index contributed by atoms with van der Waals surface area (Å²) < 4.78 is 0. The van der Waals surface area contributed by atoms with Gasteiger partial charge in [-0.25, -0.2) is 0 Å². The third-order valence-corrected chi connectivity index (χ3v) is 5.69. The smallest absolute Gasteiger partial charge is 0.0206 e. The third kappa shape index (κ3) is 4.29. The van der Waals surface area contributed by atoms with Gasteiger partial charge < -0.3 is 5.32 Å². The summed E-state index contributed by atoms with van der Waals surface area (Å²) >= 11 is 2.22. The molecule has 96 valence electrons. The van der Waals surface area contributed by atoms with Crippen LogP contribution in [-0.2, 0) is 0 Å². The number of thioether (sulfide) groups is 1. The molecule has 0 bridgehead atoms. The van der Waals surface area contributed by atoms with Crippen LogP contribution >= 0.6 is 11.8 Å². The molecule has 0 aromatic rings. The van der Waals surface area contributed by atoms with Crippen molar-refractivity contribution in [1.82, 2.24) is 5.32 Å². The largest absolute Gasteiger partial charge is 0.313 e. The Morgan fingerprint density at radius 1 is 1.25 bits per heavy atom. The van der Waals surface area contributed by atoms with Crippen LogP contribution in [0, 0.1) is 11.8 Å². The van der Waals surface area contributed by atoms with Crippen LogP contribution in [-0.4, -0.2) is 23.1 Å². The molecule has 0 radical (unpaired) electrons. The highest BCUT2D eigenvalue weighted by molar-refractivity contribution is 8.00. The van der Waals surface area contributed by atoms with Crippen molar-refractivity contribution in [3.05, 3.63) is 0 Å². The zero-order valence-corrected chi connectivity index (χ0v) is 12.4. The minimum absolute atomic E-state index is 0.757. The highest BCUT2D eigenvalue weighted by Crippen LogP contribution is 2.36. The van der Waals surface area contributed by atoms with Crippen molar-refractivity contribution in [1.29, 1.82) is 0 Å². The van der Waals surface area contributed by atoms with Gasteiger partial charge in [0, 0.05) is 16.5 Å². The summed E-state index contributed by atoms with van der Waals surface area (Å²) in [5.41, 5.74) is 0. The molecule has 16 heavy (non-hydrogen) atoms. The van der Waals surface area contributed by atoms with E-state index in [-0.39, 0.29) is 0 Å². The molecule has 0 spiro atoms. The van der Waals surface area contributed by atoms with Gasteiger partial charge in [-0.2, -0.15) is 11.8 Å². The van der Waals surface area contributed by atoms with Crippen LogP contribution < -0.4 is 5.32 Å². The van der Waals surface area contributed by atoms with Gasteiger partial charge in [0.25, 0.3) is 0 Å². The number of hydrogen-bond acceptors (Lipinski definition) is 2. The lowest BCUT2D eigenvalue weighted by atomic mass is 9.87. The van der Waals surface area contributed by atoms with Crippen molar-refractivity contribution in [3.63, 3.8) is 0 Å². The molecule has 0 aromatic carbocycles. The number of rotatable bonds is 5. The van der Waals surface area contributed by atoms with E-state index in [0.717, 1.165) is 34.9 Å². The molecule has 0 heterocycles. The lowest BCUT2D eigenvalue weighted by Gasteiger charge is -2.37. The summed E-state index contributed by atoms with van der Waals surface area (Å²) in [6.45, 7) is 12.8. The molecule has 1 saturated carbocycles. The fourth-order valence-electron chi connectivity index (χ4n) is 2.41. The van der Waals surface area contributed by atoms with Crippen molar-refractivity contribution in [2.75, 3.05) is 6.54 Å². The van der Waals surface area contributed by atoms with Crippen molar-refractivity contribution in [2.45, 2.75) is 70.4 Å². The Bertz CT molecular complexity index is 193. The summed E-state index contributed by atoms with van der Waals surface area (Å²) in [7, 11) is 0. The maximum absolute atomic E-state index is 3.68. The first kappa shape index (κ1) is 14.4. The Hall–Kier alpha value is 0.310. The highest BCUT2D eigenvalue weighted by Gasteiger charge is 2.30. The maximum atomic E-state index is 3.68. The number of hydrogen-bond donors (Lipinski definition) is 1. The van der Waals surface area contributed by atoms with E-state index in [9.17, 15) is 0 Å². The summed E-state index contributed by atoms with van der Waals surface area (Å²) in [5.74, 6) is 1.72. The van der Waals surface area contributed by atoms with Crippen LogP contribution in [0.1, 0.15) is 53.9 Å². The van der Waals surface area contributed by atoms with Crippen LogP contribution in [0.2, 0.25) is 0 Å². The van der Waals surface area contributed by atoms with Crippen LogP contribution in [0.15, 0.2) is 0 Å². The van der Waals surface area contributed by atoms with Gasteiger partial charge in [0.2, 0.25) is 0 Å². The molecule has 1 aliphatic rings. The Morgan fingerprint density at radius 2 is 1.94 bits per heavy atom. The van der Waals surface area contributed by atoms with Crippen LogP contribution in [0.5, 0.6) is 0 Å². The Kier molecular flexibility index (Phi) is 6.20. The molecule has 4 atom stereocenters. The lowest BCUT2D eigenvalue weighted by Crippen LogP contribution is -2.43. The molecule has 0 aromatic heterocycles. The lowest BCUT2D eigenvalue weighted by molar-refractivity contribution is 0.320. The third-order valence-electron chi connectivity index (χ3n) is 3.85. The normalized spacial score (nSPS) is 33.0. The average molecular weight is 243 g/mol. The molecule has 0 saturated heterocycles. The standard InChI is InChI=1S/C14H29NS/c1-6-15-13-8-7-11(4)9-14(13)16-12(5)10(2)3/h10-15H,6-9H2,1-5H3. The summed E-state index contributed by atoms with van der Waals surface area (Å²) in [6, 6.07) is 0.757. The Labute approximate surface area is 106 Å². The summed E-state index contributed by atoms with van der Waals surface area (Å²) in [4.78, 5) is 0. The topological polar surface area (TPSA) is 12.0 Å². The molecule has 1 nitrogen and oxygen atoms in total. The van der Waals surface area contributed by atoms with E-state index in [1.54, 1.807) is 0 Å². The van der Waals surface area contributed by atoms with Crippen molar-refractivity contribution >= 4 is 11.8 Å². The van der Waals surface area contributed by atoms with Crippen molar-refractivity contribution in [3.8, 4) is 0 Å². The number of nitrogens with one attached hydrogen (secondary N) is 1. The van der Waals surface area contributed by atoms with Gasteiger partial charge in [-0.05, 0) is 37.6 Å². The highest BCUT2D eigenvalue weighted by atomic mass is 32.2. The van der Waals surface area contributed by atoms with Gasteiger partial charge in [-0.1, -0.05) is 34.6 Å². The second kappa shape index (κ2) is 6.90. The first-order valence-corrected chi connectivity index (χ1v) is 7.87. The molecule has 1 aliphatic carbocycles. The van der Waals surface area contributed by atoms with E-state index in [0.29, 0.717) is 0 Å². The van der Waals surface area contributed by atoms with Gasteiger partial charge in [0.05, 0.1) is 0 Å². The molecule has 4 unspecified atom stereocenters. The van der Waals surface area contributed by atoms with Gasteiger partial charge in [0.1, 0.15) is 0 Å². The molecular weight excluding hydrogens is 214 g/mol. The molecule has 0 aliphatic heterocycles. The monoisotopic (exact) mass is 243 g/mol. The molecule has 0 amide bonds.